The normalized spacial score (nSPS) is 27.9. The van der Waals surface area contributed by atoms with Gasteiger partial charge in [-0.2, -0.15) is 0 Å². The number of hydrazine groups is 1. The molecular weight excluding hydrogens is 218 g/mol. The van der Waals surface area contributed by atoms with E-state index < -0.39 is 0 Å². The summed E-state index contributed by atoms with van der Waals surface area (Å²) in [4.78, 5) is 10.9. The lowest BCUT2D eigenvalue weighted by atomic mass is 10.1. The van der Waals surface area contributed by atoms with Gasteiger partial charge in [0.1, 0.15) is 5.82 Å². The van der Waals surface area contributed by atoms with E-state index in [2.05, 4.69) is 20.3 Å². The lowest BCUT2D eigenvalue weighted by molar-refractivity contribution is 0.0253. The number of hydrogen-bond donors (Lipinski definition) is 2. The third-order valence-electron chi connectivity index (χ3n) is 3.55. The molecule has 1 aliphatic heterocycles. The Morgan fingerprint density at radius 1 is 1.41 bits per heavy atom. The van der Waals surface area contributed by atoms with Crippen molar-refractivity contribution in [1.29, 1.82) is 0 Å². The van der Waals surface area contributed by atoms with Crippen molar-refractivity contribution in [2.45, 2.75) is 31.4 Å². The Kier molecular flexibility index (Phi) is 2.82. The maximum absolute atomic E-state index is 5.78. The van der Waals surface area contributed by atoms with Crippen molar-refractivity contribution >= 4 is 11.6 Å². The van der Waals surface area contributed by atoms with E-state index in [0.717, 1.165) is 25.4 Å². The largest absolute Gasteiger partial charge is 0.374 e. The van der Waals surface area contributed by atoms with E-state index in [-0.39, 0.29) is 0 Å². The molecule has 1 aliphatic carbocycles. The van der Waals surface area contributed by atoms with Crippen molar-refractivity contribution in [2.75, 3.05) is 23.5 Å². The molecule has 2 unspecified atom stereocenters. The third-order valence-corrected chi connectivity index (χ3v) is 3.55. The minimum Gasteiger partial charge on any atom is -0.374 e. The monoisotopic (exact) mass is 235 g/mol. The second-order valence-corrected chi connectivity index (χ2v) is 4.51. The van der Waals surface area contributed by atoms with Crippen LogP contribution < -0.4 is 16.2 Å². The molecule has 0 amide bonds. The Hall–Kier alpha value is -1.40. The van der Waals surface area contributed by atoms with Gasteiger partial charge in [-0.15, -0.1) is 0 Å². The number of hydrogen-bond acceptors (Lipinski definition) is 6. The smallest absolute Gasteiger partial charge is 0.160 e. The van der Waals surface area contributed by atoms with Crippen LogP contribution in [0.2, 0.25) is 0 Å². The number of nitrogen functional groups attached to an aromatic ring is 1. The van der Waals surface area contributed by atoms with E-state index in [1.54, 1.807) is 12.4 Å². The number of nitrogens with two attached hydrogens (primary N) is 1. The summed E-state index contributed by atoms with van der Waals surface area (Å²) in [6.45, 7) is 1.65. The van der Waals surface area contributed by atoms with Gasteiger partial charge in [-0.25, -0.2) is 10.8 Å². The standard InChI is InChI=1S/C11H17N5O/c12-15-10-6-13-7-11(14-10)16-4-5-17-9-3-1-2-8(9)16/h6-9H,1-5,12H2,(H,14,15). The fraction of sp³-hybridized carbons (Fsp3) is 0.636. The van der Waals surface area contributed by atoms with Gasteiger partial charge >= 0.3 is 0 Å². The first-order valence-electron chi connectivity index (χ1n) is 6.05. The number of rotatable bonds is 2. The first-order chi connectivity index (χ1) is 8.38. The Morgan fingerprint density at radius 3 is 3.24 bits per heavy atom. The number of nitrogens with one attached hydrogen (secondary N) is 1. The van der Waals surface area contributed by atoms with Gasteiger partial charge < -0.3 is 15.1 Å². The van der Waals surface area contributed by atoms with E-state index in [1.807, 2.05) is 0 Å². The van der Waals surface area contributed by atoms with Crippen LogP contribution in [0.5, 0.6) is 0 Å². The first kappa shape index (κ1) is 10.7. The maximum Gasteiger partial charge on any atom is 0.160 e. The van der Waals surface area contributed by atoms with Crippen LogP contribution in [0, 0.1) is 0 Å². The molecule has 3 rings (SSSR count). The van der Waals surface area contributed by atoms with E-state index in [1.165, 1.54) is 12.8 Å². The number of aromatic nitrogens is 2. The van der Waals surface area contributed by atoms with Gasteiger partial charge in [0.25, 0.3) is 0 Å². The quantitative estimate of drug-likeness (QED) is 0.575. The fourth-order valence-electron chi connectivity index (χ4n) is 2.77. The van der Waals surface area contributed by atoms with Crippen LogP contribution in [0.25, 0.3) is 0 Å². The molecule has 2 atom stereocenters. The van der Waals surface area contributed by atoms with Gasteiger partial charge in [0.2, 0.25) is 0 Å². The zero-order valence-electron chi connectivity index (χ0n) is 9.67. The summed E-state index contributed by atoms with van der Waals surface area (Å²) in [5.74, 6) is 6.85. The lowest BCUT2D eigenvalue weighted by Crippen LogP contribution is -2.49. The molecule has 1 saturated heterocycles. The molecule has 2 fully saturated rings. The topological polar surface area (TPSA) is 76.3 Å². The average molecular weight is 235 g/mol. The summed E-state index contributed by atoms with van der Waals surface area (Å²) in [5, 5.41) is 0. The summed E-state index contributed by atoms with van der Waals surface area (Å²) < 4.78 is 5.78. The highest BCUT2D eigenvalue weighted by Crippen LogP contribution is 2.32. The number of fused-ring (bicyclic) bond motifs is 1. The van der Waals surface area contributed by atoms with E-state index in [9.17, 15) is 0 Å². The number of morpholine rings is 1. The van der Waals surface area contributed by atoms with Crippen molar-refractivity contribution in [3.05, 3.63) is 12.4 Å². The van der Waals surface area contributed by atoms with Crippen molar-refractivity contribution < 1.29 is 4.74 Å². The van der Waals surface area contributed by atoms with Crippen molar-refractivity contribution in [1.82, 2.24) is 9.97 Å². The Balaban J connectivity index is 1.86. The Morgan fingerprint density at radius 2 is 2.35 bits per heavy atom. The molecule has 2 heterocycles. The Labute approximate surface area is 100 Å². The van der Waals surface area contributed by atoms with Gasteiger partial charge in [-0.1, -0.05) is 0 Å². The second kappa shape index (κ2) is 4.46. The van der Waals surface area contributed by atoms with Crippen LogP contribution in [0.1, 0.15) is 19.3 Å². The van der Waals surface area contributed by atoms with E-state index in [0.29, 0.717) is 18.0 Å². The predicted octanol–water partition coefficient (Wildman–Crippen LogP) is 0.520. The molecule has 1 saturated carbocycles. The maximum atomic E-state index is 5.78. The van der Waals surface area contributed by atoms with Crippen molar-refractivity contribution in [3.8, 4) is 0 Å². The van der Waals surface area contributed by atoms with Crippen molar-refractivity contribution in [2.24, 2.45) is 5.84 Å². The molecule has 3 N–H and O–H groups in total. The number of nitrogens with zero attached hydrogens (tertiary/aromatic N) is 3. The Bertz CT molecular complexity index is 399. The summed E-state index contributed by atoms with van der Waals surface area (Å²) in [7, 11) is 0. The van der Waals surface area contributed by atoms with Gasteiger partial charge in [0.05, 0.1) is 31.1 Å². The van der Waals surface area contributed by atoms with Crippen LogP contribution in [-0.2, 0) is 4.74 Å². The molecule has 1 aromatic rings. The molecule has 17 heavy (non-hydrogen) atoms. The summed E-state index contributed by atoms with van der Waals surface area (Å²) >= 11 is 0. The van der Waals surface area contributed by atoms with Crippen LogP contribution >= 0.6 is 0 Å². The summed E-state index contributed by atoms with van der Waals surface area (Å²) in [6.07, 6.45) is 7.34. The van der Waals surface area contributed by atoms with Crippen LogP contribution in [0.4, 0.5) is 11.6 Å². The van der Waals surface area contributed by atoms with Gasteiger partial charge in [0.15, 0.2) is 5.82 Å². The summed E-state index contributed by atoms with van der Waals surface area (Å²) in [5.41, 5.74) is 2.53. The third kappa shape index (κ3) is 1.94. The predicted molar refractivity (Wildman–Crippen MR) is 64.6 cm³/mol. The second-order valence-electron chi connectivity index (χ2n) is 4.51. The van der Waals surface area contributed by atoms with Crippen LogP contribution in [0.3, 0.4) is 0 Å². The van der Waals surface area contributed by atoms with Crippen LogP contribution in [-0.4, -0.2) is 35.3 Å². The van der Waals surface area contributed by atoms with Gasteiger partial charge in [0, 0.05) is 6.54 Å². The molecule has 0 aromatic carbocycles. The molecule has 2 aliphatic rings. The molecule has 92 valence electrons. The minimum atomic E-state index is 0.361. The molecule has 0 spiro atoms. The summed E-state index contributed by atoms with van der Waals surface area (Å²) in [6, 6.07) is 0.450. The fourth-order valence-corrected chi connectivity index (χ4v) is 2.77. The highest BCUT2D eigenvalue weighted by Gasteiger charge is 2.36. The molecule has 0 bridgehead atoms. The molecule has 0 radical (unpaired) electrons. The zero-order chi connectivity index (χ0) is 11.7. The van der Waals surface area contributed by atoms with E-state index in [4.69, 9.17) is 10.6 Å². The van der Waals surface area contributed by atoms with Crippen molar-refractivity contribution in [3.63, 3.8) is 0 Å². The SMILES string of the molecule is NNc1cncc(N2CCOC3CCCC32)n1. The lowest BCUT2D eigenvalue weighted by Gasteiger charge is -2.38. The number of anilines is 2. The van der Waals surface area contributed by atoms with Gasteiger partial charge in [-0.3, -0.25) is 4.98 Å². The molecule has 6 heteroatoms. The number of ether oxygens (including phenoxy) is 1. The first-order valence-corrected chi connectivity index (χ1v) is 6.05. The molecule has 1 aromatic heterocycles. The van der Waals surface area contributed by atoms with Crippen LogP contribution in [0.15, 0.2) is 12.4 Å². The average Bonchev–Trinajstić information content (AvgIpc) is 2.87. The minimum absolute atomic E-state index is 0.361. The molecule has 6 nitrogen and oxygen atoms in total. The highest BCUT2D eigenvalue weighted by atomic mass is 16.5. The molecular formula is C11H17N5O. The highest BCUT2D eigenvalue weighted by molar-refractivity contribution is 5.45. The zero-order valence-corrected chi connectivity index (χ0v) is 9.67. The van der Waals surface area contributed by atoms with E-state index >= 15 is 0 Å². The van der Waals surface area contributed by atoms with Gasteiger partial charge in [-0.05, 0) is 19.3 Å².